The van der Waals surface area contributed by atoms with Crippen LogP contribution in [0.5, 0.6) is 0 Å². The number of carbonyl (C=O) groups is 2. The fraction of sp³-hybridized carbons (Fsp3) is 0.250. The molecule has 1 aliphatic rings. The number of halogens is 1. The maximum Gasteiger partial charge on any atom is 0.327 e. The number of rotatable bonds is 5. The maximum atomic E-state index is 13.0. The molecular weight excluding hydrogens is 428 g/mol. The second-order valence-corrected chi connectivity index (χ2v) is 7.84. The highest BCUT2D eigenvalue weighted by Crippen LogP contribution is 2.29. The van der Waals surface area contributed by atoms with Gasteiger partial charge in [0.1, 0.15) is 6.04 Å². The lowest BCUT2D eigenvalue weighted by Crippen LogP contribution is -2.51. The Balaban J connectivity index is 1.44. The standard InChI is InChI=1S/C24H23ClN4O3/c1-32-24(31)21(19-9-5-6-10-20(19)25)28-11-13-29(14-12-28)23(30)18-15-26-22(27-16-18)17-7-3-2-4-8-17/h2-10,15-16,21H,11-14H2,1H3. The molecule has 0 bridgehead atoms. The zero-order chi connectivity index (χ0) is 22.5. The third-order valence-electron chi connectivity index (χ3n) is 5.52. The molecule has 1 aromatic heterocycles. The summed E-state index contributed by atoms with van der Waals surface area (Å²) in [4.78, 5) is 37.9. The summed E-state index contributed by atoms with van der Waals surface area (Å²) >= 11 is 6.34. The lowest BCUT2D eigenvalue weighted by molar-refractivity contribution is -0.148. The van der Waals surface area contributed by atoms with Crippen LogP contribution < -0.4 is 0 Å². The lowest BCUT2D eigenvalue weighted by Gasteiger charge is -2.38. The van der Waals surface area contributed by atoms with Crippen LogP contribution in [-0.2, 0) is 9.53 Å². The van der Waals surface area contributed by atoms with Gasteiger partial charge in [-0.15, -0.1) is 0 Å². The normalized spacial score (nSPS) is 15.2. The quantitative estimate of drug-likeness (QED) is 0.554. The van der Waals surface area contributed by atoms with E-state index in [1.54, 1.807) is 23.4 Å². The molecule has 1 amide bonds. The first-order valence-corrected chi connectivity index (χ1v) is 10.7. The van der Waals surface area contributed by atoms with E-state index in [-0.39, 0.29) is 11.9 Å². The molecule has 3 aromatic rings. The summed E-state index contributed by atoms with van der Waals surface area (Å²) < 4.78 is 5.03. The minimum Gasteiger partial charge on any atom is -0.468 e. The van der Waals surface area contributed by atoms with Gasteiger partial charge in [0.2, 0.25) is 0 Å². The van der Waals surface area contributed by atoms with Crippen molar-refractivity contribution in [2.45, 2.75) is 6.04 Å². The van der Waals surface area contributed by atoms with E-state index in [1.165, 1.54) is 7.11 Å². The molecule has 0 aliphatic carbocycles. The van der Waals surface area contributed by atoms with Crippen LogP contribution >= 0.6 is 11.6 Å². The number of amides is 1. The van der Waals surface area contributed by atoms with Gasteiger partial charge >= 0.3 is 5.97 Å². The predicted molar refractivity (Wildman–Crippen MR) is 121 cm³/mol. The van der Waals surface area contributed by atoms with Crippen LogP contribution in [0.3, 0.4) is 0 Å². The minimum atomic E-state index is -0.612. The van der Waals surface area contributed by atoms with Crippen LogP contribution in [0.2, 0.25) is 5.02 Å². The highest BCUT2D eigenvalue weighted by atomic mass is 35.5. The Morgan fingerprint density at radius 1 is 0.938 bits per heavy atom. The fourth-order valence-corrected chi connectivity index (χ4v) is 4.06. The van der Waals surface area contributed by atoms with E-state index in [2.05, 4.69) is 9.97 Å². The first-order chi connectivity index (χ1) is 15.6. The lowest BCUT2D eigenvalue weighted by atomic mass is 10.0. The molecule has 4 rings (SSSR count). The Morgan fingerprint density at radius 2 is 1.56 bits per heavy atom. The molecule has 0 radical (unpaired) electrons. The number of methoxy groups -OCH3 is 1. The van der Waals surface area contributed by atoms with Gasteiger partial charge in [0.25, 0.3) is 5.91 Å². The number of aromatic nitrogens is 2. The van der Waals surface area contributed by atoms with Gasteiger partial charge in [-0.25, -0.2) is 14.8 Å². The molecular formula is C24H23ClN4O3. The number of carbonyl (C=O) groups excluding carboxylic acids is 2. The fourth-order valence-electron chi connectivity index (χ4n) is 3.82. The number of ether oxygens (including phenoxy) is 1. The molecule has 32 heavy (non-hydrogen) atoms. The largest absolute Gasteiger partial charge is 0.468 e. The van der Waals surface area contributed by atoms with E-state index in [0.29, 0.717) is 48.2 Å². The minimum absolute atomic E-state index is 0.128. The molecule has 1 aliphatic heterocycles. The van der Waals surface area contributed by atoms with E-state index in [1.807, 2.05) is 53.4 Å². The van der Waals surface area contributed by atoms with Gasteiger partial charge in [0.15, 0.2) is 5.82 Å². The Hall–Kier alpha value is -3.29. The summed E-state index contributed by atoms with van der Waals surface area (Å²) in [6.45, 7) is 1.97. The number of hydrogen-bond acceptors (Lipinski definition) is 6. The van der Waals surface area contributed by atoms with Crippen molar-refractivity contribution in [2.24, 2.45) is 0 Å². The molecule has 1 unspecified atom stereocenters. The summed E-state index contributed by atoms with van der Waals surface area (Å²) in [6.07, 6.45) is 3.12. The second kappa shape index (κ2) is 9.89. The van der Waals surface area contributed by atoms with Crippen molar-refractivity contribution in [1.82, 2.24) is 19.8 Å². The van der Waals surface area contributed by atoms with Gasteiger partial charge in [-0.2, -0.15) is 0 Å². The third kappa shape index (κ3) is 4.64. The number of benzene rings is 2. The van der Waals surface area contributed by atoms with Gasteiger partial charge in [-0.05, 0) is 11.6 Å². The Labute approximate surface area is 191 Å². The summed E-state index contributed by atoms with van der Waals surface area (Å²) in [5.74, 6) is 0.0760. The Bertz CT molecular complexity index is 1080. The summed E-state index contributed by atoms with van der Waals surface area (Å²) in [7, 11) is 1.37. The predicted octanol–water partition coefficient (Wildman–Crippen LogP) is 3.47. The van der Waals surface area contributed by atoms with Crippen LogP contribution in [0.15, 0.2) is 67.0 Å². The van der Waals surface area contributed by atoms with Crippen molar-refractivity contribution in [1.29, 1.82) is 0 Å². The van der Waals surface area contributed by atoms with E-state index < -0.39 is 6.04 Å². The molecule has 164 valence electrons. The molecule has 2 heterocycles. The topological polar surface area (TPSA) is 75.6 Å². The number of hydrogen-bond donors (Lipinski definition) is 0. The van der Waals surface area contributed by atoms with Crippen LogP contribution in [-0.4, -0.2) is 64.9 Å². The number of piperazine rings is 1. The molecule has 7 nitrogen and oxygen atoms in total. The van der Waals surface area contributed by atoms with Crippen molar-refractivity contribution in [3.05, 3.63) is 83.1 Å². The van der Waals surface area contributed by atoms with E-state index >= 15 is 0 Å². The SMILES string of the molecule is COC(=O)C(c1ccccc1Cl)N1CCN(C(=O)c2cnc(-c3ccccc3)nc2)CC1. The highest BCUT2D eigenvalue weighted by molar-refractivity contribution is 6.31. The molecule has 2 aromatic carbocycles. The van der Waals surface area contributed by atoms with Crippen LogP contribution in [0, 0.1) is 0 Å². The van der Waals surface area contributed by atoms with E-state index in [4.69, 9.17) is 16.3 Å². The van der Waals surface area contributed by atoms with Gasteiger partial charge < -0.3 is 9.64 Å². The molecule has 0 N–H and O–H groups in total. The molecule has 1 atom stereocenters. The number of nitrogens with zero attached hydrogens (tertiary/aromatic N) is 4. The van der Waals surface area contributed by atoms with Gasteiger partial charge in [0.05, 0.1) is 12.7 Å². The van der Waals surface area contributed by atoms with E-state index in [0.717, 1.165) is 5.56 Å². The van der Waals surface area contributed by atoms with Gasteiger partial charge in [-0.1, -0.05) is 60.1 Å². The average Bonchev–Trinajstić information content (AvgIpc) is 2.86. The smallest absolute Gasteiger partial charge is 0.327 e. The van der Waals surface area contributed by atoms with Crippen molar-refractivity contribution in [2.75, 3.05) is 33.3 Å². The van der Waals surface area contributed by atoms with Crippen molar-refractivity contribution >= 4 is 23.5 Å². The van der Waals surface area contributed by atoms with Crippen molar-refractivity contribution in [3.63, 3.8) is 0 Å². The highest BCUT2D eigenvalue weighted by Gasteiger charge is 2.33. The summed E-state index contributed by atoms with van der Waals surface area (Å²) in [5.41, 5.74) is 2.04. The summed E-state index contributed by atoms with van der Waals surface area (Å²) in [6, 6.07) is 16.2. The van der Waals surface area contributed by atoms with Crippen molar-refractivity contribution in [3.8, 4) is 11.4 Å². The molecule has 0 saturated carbocycles. The van der Waals surface area contributed by atoms with Crippen molar-refractivity contribution < 1.29 is 14.3 Å². The zero-order valence-corrected chi connectivity index (χ0v) is 18.4. The molecule has 8 heteroatoms. The van der Waals surface area contributed by atoms with Gasteiger partial charge in [-0.3, -0.25) is 9.69 Å². The van der Waals surface area contributed by atoms with Crippen LogP contribution in [0.4, 0.5) is 0 Å². The van der Waals surface area contributed by atoms with Crippen LogP contribution in [0.25, 0.3) is 11.4 Å². The monoisotopic (exact) mass is 450 g/mol. The molecule has 1 saturated heterocycles. The first kappa shape index (κ1) is 21.9. The number of esters is 1. The first-order valence-electron chi connectivity index (χ1n) is 10.3. The van der Waals surface area contributed by atoms with Gasteiger partial charge in [0, 0.05) is 49.2 Å². The van der Waals surface area contributed by atoms with Crippen LogP contribution in [0.1, 0.15) is 22.0 Å². The summed E-state index contributed by atoms with van der Waals surface area (Å²) in [5, 5.41) is 0.511. The zero-order valence-electron chi connectivity index (χ0n) is 17.6. The third-order valence-corrected chi connectivity index (χ3v) is 5.87. The molecule has 0 spiro atoms. The molecule has 1 fully saturated rings. The Morgan fingerprint density at radius 3 is 2.19 bits per heavy atom. The average molecular weight is 451 g/mol. The van der Waals surface area contributed by atoms with E-state index in [9.17, 15) is 9.59 Å². The maximum absolute atomic E-state index is 13.0. The Kier molecular flexibility index (Phi) is 6.78. The second-order valence-electron chi connectivity index (χ2n) is 7.44.